The van der Waals surface area contributed by atoms with Crippen molar-refractivity contribution in [2.75, 3.05) is 28.6 Å². The number of carbonyl (C=O) groups excluding carboxylic acids is 2. The average molecular weight is 759 g/mol. The maximum absolute atomic E-state index is 13.3. The van der Waals surface area contributed by atoms with Crippen LogP contribution in [0.1, 0.15) is 93.5 Å². The van der Waals surface area contributed by atoms with Gasteiger partial charge in [-0.15, -0.1) is 22.7 Å². The SMILES string of the molecule is CC1=NNC2[C@H](CC(=O)NCCCCCCCNc3cccc(C(=O)Nc4nc(C)c(C)s4)c3C)N=C(c3ccc(Cl)cc3)c3c(sc(C)c3C)N12. The first kappa shape index (κ1) is 37.5. The quantitative estimate of drug-likeness (QED) is 0.0957. The molecule has 1 unspecified atom stereocenters. The Balaban J connectivity index is 0.958. The number of anilines is 3. The highest BCUT2D eigenvalue weighted by atomic mass is 35.5. The van der Waals surface area contributed by atoms with E-state index in [4.69, 9.17) is 16.6 Å². The molecule has 0 radical (unpaired) electrons. The zero-order chi connectivity index (χ0) is 36.9. The number of nitrogens with one attached hydrogen (secondary N) is 4. The van der Waals surface area contributed by atoms with Crippen LogP contribution in [0.2, 0.25) is 5.02 Å². The van der Waals surface area contributed by atoms with Crippen LogP contribution in [0.3, 0.4) is 0 Å². The summed E-state index contributed by atoms with van der Waals surface area (Å²) in [4.78, 5) is 40.5. The Hall–Kier alpha value is -4.26. The fraction of sp³-hybridized carbons (Fsp3) is 0.410. The van der Waals surface area contributed by atoms with Gasteiger partial charge in [0.15, 0.2) is 5.13 Å². The largest absolute Gasteiger partial charge is 0.385 e. The summed E-state index contributed by atoms with van der Waals surface area (Å²) in [6, 6.07) is 13.2. The number of nitrogens with zero attached hydrogens (tertiary/aromatic N) is 4. The molecule has 0 saturated heterocycles. The van der Waals surface area contributed by atoms with Crippen molar-refractivity contribution in [3.05, 3.63) is 90.8 Å². The zero-order valence-corrected chi connectivity index (χ0v) is 33.0. The van der Waals surface area contributed by atoms with E-state index in [0.29, 0.717) is 22.3 Å². The molecule has 0 aliphatic carbocycles. The molecule has 0 bridgehead atoms. The van der Waals surface area contributed by atoms with Gasteiger partial charge in [-0.25, -0.2) is 4.98 Å². The number of thiophene rings is 1. The van der Waals surface area contributed by atoms with E-state index in [0.717, 1.165) is 88.1 Å². The second kappa shape index (κ2) is 16.6. The lowest BCUT2D eigenvalue weighted by molar-refractivity contribution is -0.121. The minimum absolute atomic E-state index is 0.0129. The van der Waals surface area contributed by atoms with E-state index in [9.17, 15) is 9.59 Å². The van der Waals surface area contributed by atoms with Crippen LogP contribution < -0.4 is 26.3 Å². The Bertz CT molecular complexity index is 1980. The van der Waals surface area contributed by atoms with Gasteiger partial charge in [0, 0.05) is 50.2 Å². The topological polar surface area (TPSA) is 123 Å². The third-order valence-electron chi connectivity index (χ3n) is 9.80. The number of halogens is 1. The lowest BCUT2D eigenvalue weighted by Gasteiger charge is -2.28. The third-order valence-corrected chi connectivity index (χ3v) is 12.2. The standard InChI is InChI=1S/C39H47ClN8O2S2/c1-22-25(4)51-38-34(22)35(28-15-17-29(40)18-16-28)44-32(36-47-46-27(6)48(36)38)21-33(49)42-20-11-9-7-8-10-19-41-31-14-12-13-30(23(31)2)37(50)45-39-43-24(3)26(5)52-39/h12-18,32,36,41,47H,7-11,19-21H2,1-6H3,(H,42,49)(H,43,45,50)/t32-,36?/m0/s1. The molecule has 2 aromatic heterocycles. The molecular formula is C39H47ClN8O2S2. The first-order chi connectivity index (χ1) is 25.0. The van der Waals surface area contributed by atoms with E-state index in [1.54, 1.807) is 11.3 Å². The maximum Gasteiger partial charge on any atom is 0.257 e. The van der Waals surface area contributed by atoms with Crippen molar-refractivity contribution in [3.8, 4) is 0 Å². The van der Waals surface area contributed by atoms with Gasteiger partial charge in [0.2, 0.25) is 5.91 Å². The maximum atomic E-state index is 13.3. The number of amidine groups is 1. The van der Waals surface area contributed by atoms with Crippen LogP contribution in [0, 0.1) is 34.6 Å². The molecular weight excluding hydrogens is 712 g/mol. The van der Waals surface area contributed by atoms with Crippen molar-refractivity contribution in [3.63, 3.8) is 0 Å². The first-order valence-corrected chi connectivity index (χ1v) is 19.9. The fourth-order valence-electron chi connectivity index (χ4n) is 6.60. The lowest BCUT2D eigenvalue weighted by atomic mass is 9.99. The molecule has 13 heteroatoms. The van der Waals surface area contributed by atoms with Gasteiger partial charge in [0.25, 0.3) is 5.91 Å². The molecule has 2 amide bonds. The van der Waals surface area contributed by atoms with E-state index in [2.05, 4.69) is 50.2 Å². The molecule has 0 saturated carbocycles. The number of hydrogen-bond donors (Lipinski definition) is 4. The molecule has 52 heavy (non-hydrogen) atoms. The highest BCUT2D eigenvalue weighted by molar-refractivity contribution is 7.17. The number of amides is 2. The number of aryl methyl sites for hydroxylation is 3. The Morgan fingerprint density at radius 1 is 0.885 bits per heavy atom. The minimum Gasteiger partial charge on any atom is -0.385 e. The predicted molar refractivity (Wildman–Crippen MR) is 217 cm³/mol. The summed E-state index contributed by atoms with van der Waals surface area (Å²) in [7, 11) is 0. The third kappa shape index (κ3) is 8.35. The summed E-state index contributed by atoms with van der Waals surface area (Å²) in [5, 5.41) is 16.5. The van der Waals surface area contributed by atoms with Gasteiger partial charge in [-0.2, -0.15) is 5.10 Å². The van der Waals surface area contributed by atoms with E-state index >= 15 is 0 Å². The van der Waals surface area contributed by atoms with Gasteiger partial charge < -0.3 is 10.6 Å². The molecule has 4 N–H and O–H groups in total. The number of carbonyl (C=O) groups is 2. The van der Waals surface area contributed by atoms with Crippen LogP contribution >= 0.6 is 34.3 Å². The highest BCUT2D eigenvalue weighted by Crippen LogP contribution is 2.42. The van der Waals surface area contributed by atoms with Gasteiger partial charge in [-0.1, -0.05) is 49.1 Å². The van der Waals surface area contributed by atoms with Gasteiger partial charge in [0.1, 0.15) is 17.0 Å². The van der Waals surface area contributed by atoms with Crippen LogP contribution in [0.15, 0.2) is 52.6 Å². The first-order valence-electron chi connectivity index (χ1n) is 17.9. The molecule has 4 heterocycles. The number of hydrogen-bond acceptors (Lipinski definition) is 10. The van der Waals surface area contributed by atoms with Crippen LogP contribution in [0.4, 0.5) is 15.8 Å². The van der Waals surface area contributed by atoms with Crippen LogP contribution in [0.25, 0.3) is 0 Å². The number of unbranched alkanes of at least 4 members (excludes halogenated alkanes) is 4. The van der Waals surface area contributed by atoms with Crippen LogP contribution in [-0.4, -0.2) is 53.6 Å². The summed E-state index contributed by atoms with van der Waals surface area (Å²) in [6.45, 7) is 13.7. The van der Waals surface area contributed by atoms with Gasteiger partial charge in [-0.3, -0.25) is 30.2 Å². The summed E-state index contributed by atoms with van der Waals surface area (Å²) < 4.78 is 0. The molecule has 2 aliphatic rings. The number of benzene rings is 2. The lowest BCUT2D eigenvalue weighted by Crippen LogP contribution is -2.48. The van der Waals surface area contributed by atoms with E-state index < -0.39 is 0 Å². The molecule has 2 aliphatic heterocycles. The number of aromatic nitrogens is 1. The number of fused-ring (bicyclic) bond motifs is 3. The second-order valence-corrected chi connectivity index (χ2v) is 16.3. The molecule has 274 valence electrons. The highest BCUT2D eigenvalue weighted by Gasteiger charge is 2.40. The Morgan fingerprint density at radius 3 is 2.35 bits per heavy atom. The molecule has 4 aromatic rings. The van der Waals surface area contributed by atoms with Crippen molar-refractivity contribution in [2.45, 2.75) is 92.3 Å². The molecule has 2 atom stereocenters. The number of thiazole rings is 1. The van der Waals surface area contributed by atoms with Gasteiger partial charge in [0.05, 0.1) is 23.9 Å². The number of rotatable bonds is 14. The van der Waals surface area contributed by atoms with Gasteiger partial charge in [-0.05, 0) is 89.8 Å². The summed E-state index contributed by atoms with van der Waals surface area (Å²) in [6.07, 6.45) is 5.15. The summed E-state index contributed by atoms with van der Waals surface area (Å²) in [5.74, 6) is 0.709. The average Bonchev–Trinajstić information content (AvgIpc) is 3.72. The van der Waals surface area contributed by atoms with E-state index in [1.807, 2.05) is 70.2 Å². The molecule has 0 spiro atoms. The normalized spacial score (nSPS) is 16.3. The Labute approximate surface area is 319 Å². The van der Waals surface area contributed by atoms with Crippen LogP contribution in [-0.2, 0) is 4.79 Å². The molecule has 0 fully saturated rings. The predicted octanol–water partition coefficient (Wildman–Crippen LogP) is 8.51. The van der Waals surface area contributed by atoms with E-state index in [1.165, 1.54) is 21.8 Å². The molecule has 10 nitrogen and oxygen atoms in total. The Kier molecular flexibility index (Phi) is 12.0. The minimum atomic E-state index is -0.344. The van der Waals surface area contributed by atoms with Crippen molar-refractivity contribution in [2.24, 2.45) is 10.1 Å². The Morgan fingerprint density at radius 2 is 1.62 bits per heavy atom. The monoisotopic (exact) mass is 758 g/mol. The zero-order valence-electron chi connectivity index (χ0n) is 30.7. The van der Waals surface area contributed by atoms with Gasteiger partial charge >= 0.3 is 0 Å². The van der Waals surface area contributed by atoms with E-state index in [-0.39, 0.29) is 30.4 Å². The number of hydrazone groups is 1. The smallest absolute Gasteiger partial charge is 0.257 e. The van der Waals surface area contributed by atoms with Crippen molar-refractivity contribution in [1.82, 2.24) is 15.7 Å². The van der Waals surface area contributed by atoms with Crippen LogP contribution in [0.5, 0.6) is 0 Å². The second-order valence-electron chi connectivity index (χ2n) is 13.5. The molecule has 6 rings (SSSR count). The van der Waals surface area contributed by atoms with Crippen molar-refractivity contribution in [1.29, 1.82) is 0 Å². The fourth-order valence-corrected chi connectivity index (χ4v) is 8.78. The number of aliphatic imine (C=N–C) groups is 1. The van der Waals surface area contributed by atoms with Crippen molar-refractivity contribution >= 4 is 73.5 Å². The summed E-state index contributed by atoms with van der Waals surface area (Å²) >= 11 is 9.47. The van der Waals surface area contributed by atoms with Crippen molar-refractivity contribution < 1.29 is 9.59 Å². The summed E-state index contributed by atoms with van der Waals surface area (Å²) in [5.41, 5.74) is 10.9. The molecule has 2 aromatic carbocycles.